The van der Waals surface area contributed by atoms with Crippen molar-refractivity contribution in [1.29, 1.82) is 0 Å². The molecule has 2 aromatic rings. The lowest BCUT2D eigenvalue weighted by atomic mass is 10.3. The molecule has 19 heavy (non-hydrogen) atoms. The molecule has 0 aromatic carbocycles. The SMILES string of the molecule is C(=N\N1CCN(c2ccccn2)CC1)/c1ccco1. The minimum Gasteiger partial charge on any atom is -0.463 e. The van der Waals surface area contributed by atoms with E-state index in [0.717, 1.165) is 37.8 Å². The van der Waals surface area contributed by atoms with Crippen LogP contribution in [0.1, 0.15) is 5.76 Å². The lowest BCUT2D eigenvalue weighted by molar-refractivity contribution is 0.271. The van der Waals surface area contributed by atoms with E-state index >= 15 is 0 Å². The van der Waals surface area contributed by atoms with Gasteiger partial charge in [-0.1, -0.05) is 6.07 Å². The quantitative estimate of drug-likeness (QED) is 0.786. The van der Waals surface area contributed by atoms with Gasteiger partial charge in [-0.05, 0) is 24.3 Å². The van der Waals surface area contributed by atoms with Gasteiger partial charge in [-0.25, -0.2) is 4.98 Å². The highest BCUT2D eigenvalue weighted by Crippen LogP contribution is 2.12. The van der Waals surface area contributed by atoms with Gasteiger partial charge in [0.15, 0.2) is 0 Å². The molecule has 0 spiro atoms. The number of rotatable bonds is 3. The van der Waals surface area contributed by atoms with E-state index in [2.05, 4.69) is 20.0 Å². The zero-order chi connectivity index (χ0) is 12.9. The summed E-state index contributed by atoms with van der Waals surface area (Å²) in [6.45, 7) is 3.67. The number of nitrogens with zero attached hydrogens (tertiary/aromatic N) is 4. The van der Waals surface area contributed by atoms with Gasteiger partial charge in [0.1, 0.15) is 11.6 Å². The van der Waals surface area contributed by atoms with Crippen LogP contribution in [0.3, 0.4) is 0 Å². The Balaban J connectivity index is 1.55. The van der Waals surface area contributed by atoms with Gasteiger partial charge in [0.2, 0.25) is 0 Å². The van der Waals surface area contributed by atoms with Crippen LogP contribution >= 0.6 is 0 Å². The molecule has 0 saturated carbocycles. The Bertz CT molecular complexity index is 516. The molecular formula is C14H16N4O. The van der Waals surface area contributed by atoms with Crippen molar-refractivity contribution >= 4 is 12.0 Å². The maximum atomic E-state index is 5.22. The number of furan rings is 1. The van der Waals surface area contributed by atoms with E-state index in [1.807, 2.05) is 36.5 Å². The first-order chi connectivity index (χ1) is 9.42. The molecule has 5 heteroatoms. The molecule has 3 rings (SSSR count). The van der Waals surface area contributed by atoms with Crippen LogP contribution in [-0.4, -0.2) is 42.4 Å². The van der Waals surface area contributed by atoms with Crippen molar-refractivity contribution in [2.45, 2.75) is 0 Å². The standard InChI is InChI=1S/C14H16N4O/c1-2-6-15-14(5-1)17-7-9-18(10-8-17)16-12-13-4-3-11-19-13/h1-6,11-12H,7-10H2/b16-12+. The third-order valence-corrected chi connectivity index (χ3v) is 3.12. The zero-order valence-corrected chi connectivity index (χ0v) is 10.6. The summed E-state index contributed by atoms with van der Waals surface area (Å²) in [5.74, 6) is 1.82. The lowest BCUT2D eigenvalue weighted by Crippen LogP contribution is -2.44. The minimum atomic E-state index is 0.784. The highest BCUT2D eigenvalue weighted by atomic mass is 16.3. The molecule has 0 N–H and O–H groups in total. The molecule has 1 aliphatic heterocycles. The number of anilines is 1. The molecule has 3 heterocycles. The fourth-order valence-electron chi connectivity index (χ4n) is 2.08. The van der Waals surface area contributed by atoms with Crippen molar-refractivity contribution in [2.75, 3.05) is 31.1 Å². The summed E-state index contributed by atoms with van der Waals surface area (Å²) >= 11 is 0. The largest absolute Gasteiger partial charge is 0.463 e. The van der Waals surface area contributed by atoms with Crippen LogP contribution in [0.15, 0.2) is 52.3 Å². The van der Waals surface area contributed by atoms with Crippen molar-refractivity contribution in [3.05, 3.63) is 48.6 Å². The zero-order valence-electron chi connectivity index (χ0n) is 10.6. The average Bonchev–Trinajstić information content (AvgIpc) is 3.00. The highest BCUT2D eigenvalue weighted by Gasteiger charge is 2.16. The van der Waals surface area contributed by atoms with Gasteiger partial charge in [0.05, 0.1) is 25.6 Å². The first-order valence-corrected chi connectivity index (χ1v) is 6.40. The van der Waals surface area contributed by atoms with Gasteiger partial charge in [-0.15, -0.1) is 0 Å². The molecule has 0 amide bonds. The molecule has 1 aliphatic rings. The monoisotopic (exact) mass is 256 g/mol. The predicted octanol–water partition coefficient (Wildman–Crippen LogP) is 1.83. The summed E-state index contributed by atoms with van der Waals surface area (Å²) in [7, 11) is 0. The molecule has 0 bridgehead atoms. The fraction of sp³-hybridized carbons (Fsp3) is 0.286. The molecule has 0 atom stereocenters. The maximum Gasteiger partial charge on any atom is 0.146 e. The van der Waals surface area contributed by atoms with Gasteiger partial charge in [-0.2, -0.15) is 5.10 Å². The number of hydrogen-bond donors (Lipinski definition) is 0. The molecule has 0 unspecified atom stereocenters. The minimum absolute atomic E-state index is 0.784. The summed E-state index contributed by atoms with van der Waals surface area (Å²) in [4.78, 5) is 6.64. The van der Waals surface area contributed by atoms with E-state index in [1.54, 1.807) is 12.5 Å². The molecular weight excluding hydrogens is 240 g/mol. The van der Waals surface area contributed by atoms with Crippen molar-refractivity contribution in [3.63, 3.8) is 0 Å². The molecule has 2 aromatic heterocycles. The maximum absolute atomic E-state index is 5.22. The average molecular weight is 256 g/mol. The highest BCUT2D eigenvalue weighted by molar-refractivity contribution is 5.75. The second-order valence-electron chi connectivity index (χ2n) is 4.39. The van der Waals surface area contributed by atoms with E-state index < -0.39 is 0 Å². The normalized spacial score (nSPS) is 16.2. The van der Waals surface area contributed by atoms with Gasteiger partial charge >= 0.3 is 0 Å². The number of aromatic nitrogens is 1. The van der Waals surface area contributed by atoms with Crippen LogP contribution in [0.2, 0.25) is 0 Å². The molecule has 1 saturated heterocycles. The Morgan fingerprint density at radius 3 is 2.68 bits per heavy atom. The number of piperazine rings is 1. The van der Waals surface area contributed by atoms with Crippen LogP contribution in [0.5, 0.6) is 0 Å². The van der Waals surface area contributed by atoms with Crippen molar-refractivity contribution in [1.82, 2.24) is 9.99 Å². The van der Waals surface area contributed by atoms with E-state index in [1.165, 1.54) is 0 Å². The molecule has 1 fully saturated rings. The van der Waals surface area contributed by atoms with Crippen molar-refractivity contribution in [2.24, 2.45) is 5.10 Å². The summed E-state index contributed by atoms with van der Waals surface area (Å²) in [5.41, 5.74) is 0. The summed E-state index contributed by atoms with van der Waals surface area (Å²) in [5, 5.41) is 6.48. The Labute approximate surface area is 112 Å². The topological polar surface area (TPSA) is 44.9 Å². The Kier molecular flexibility index (Phi) is 3.45. The van der Waals surface area contributed by atoms with Crippen molar-refractivity contribution < 1.29 is 4.42 Å². The fourth-order valence-corrected chi connectivity index (χ4v) is 2.08. The van der Waals surface area contributed by atoms with Gasteiger partial charge < -0.3 is 9.32 Å². The van der Waals surface area contributed by atoms with Crippen LogP contribution in [0, 0.1) is 0 Å². The van der Waals surface area contributed by atoms with E-state index in [9.17, 15) is 0 Å². The van der Waals surface area contributed by atoms with E-state index in [-0.39, 0.29) is 0 Å². The van der Waals surface area contributed by atoms with Gasteiger partial charge in [-0.3, -0.25) is 5.01 Å². The number of pyridine rings is 1. The van der Waals surface area contributed by atoms with Gasteiger partial charge in [0.25, 0.3) is 0 Å². The smallest absolute Gasteiger partial charge is 0.146 e. The number of hydrogen-bond acceptors (Lipinski definition) is 5. The van der Waals surface area contributed by atoms with Crippen LogP contribution in [0.4, 0.5) is 5.82 Å². The molecule has 5 nitrogen and oxygen atoms in total. The summed E-state index contributed by atoms with van der Waals surface area (Å²) < 4.78 is 5.22. The second-order valence-corrected chi connectivity index (χ2v) is 4.39. The van der Waals surface area contributed by atoms with E-state index in [4.69, 9.17) is 4.42 Å². The number of hydrazone groups is 1. The third-order valence-electron chi connectivity index (χ3n) is 3.12. The second kappa shape index (κ2) is 5.56. The predicted molar refractivity (Wildman–Crippen MR) is 74.3 cm³/mol. The first kappa shape index (κ1) is 11.8. The van der Waals surface area contributed by atoms with Crippen LogP contribution in [0.25, 0.3) is 0 Å². The summed E-state index contributed by atoms with van der Waals surface area (Å²) in [6, 6.07) is 9.76. The van der Waals surface area contributed by atoms with E-state index in [0.29, 0.717) is 0 Å². The lowest BCUT2D eigenvalue weighted by Gasteiger charge is -2.33. The van der Waals surface area contributed by atoms with Crippen molar-refractivity contribution in [3.8, 4) is 0 Å². The Morgan fingerprint density at radius 1 is 1.11 bits per heavy atom. The first-order valence-electron chi connectivity index (χ1n) is 6.40. The Hall–Kier alpha value is -2.30. The van der Waals surface area contributed by atoms with Crippen LogP contribution in [-0.2, 0) is 0 Å². The molecule has 0 radical (unpaired) electrons. The third kappa shape index (κ3) is 2.93. The molecule has 0 aliphatic carbocycles. The Morgan fingerprint density at radius 2 is 2.00 bits per heavy atom. The van der Waals surface area contributed by atoms with Gasteiger partial charge in [0, 0.05) is 19.3 Å². The van der Waals surface area contributed by atoms with Crippen LogP contribution < -0.4 is 4.90 Å². The summed E-state index contributed by atoms with van der Waals surface area (Å²) in [6.07, 6.45) is 5.24. The molecule has 98 valence electrons.